The number of ether oxygens (including phenoxy) is 2. The maximum atomic E-state index is 11.2. The van der Waals surface area contributed by atoms with Crippen LogP contribution in [0.2, 0.25) is 0 Å². The molecule has 0 aliphatic carbocycles. The molecule has 0 aliphatic heterocycles. The standard InChI is InChI=1S/C19H36O4/c1-4-5-6-7-8-9-11-14-18(23-17(2)20)15-12-10-13-16-19(21)22-3/h18H,4-16H2,1-3H3. The zero-order valence-corrected chi connectivity index (χ0v) is 15.4. The van der Waals surface area contributed by atoms with Crippen LogP contribution in [0.1, 0.15) is 97.3 Å². The Morgan fingerprint density at radius 1 is 0.826 bits per heavy atom. The summed E-state index contributed by atoms with van der Waals surface area (Å²) < 4.78 is 10.0. The molecule has 0 bridgehead atoms. The Hall–Kier alpha value is -1.06. The summed E-state index contributed by atoms with van der Waals surface area (Å²) in [5.41, 5.74) is 0. The number of carbonyl (C=O) groups is 2. The smallest absolute Gasteiger partial charge is 0.305 e. The average molecular weight is 328 g/mol. The third-order valence-corrected chi connectivity index (χ3v) is 4.10. The van der Waals surface area contributed by atoms with Crippen LogP contribution >= 0.6 is 0 Å². The molecule has 0 aromatic rings. The maximum absolute atomic E-state index is 11.2. The molecule has 0 spiro atoms. The van der Waals surface area contributed by atoms with E-state index >= 15 is 0 Å². The van der Waals surface area contributed by atoms with Gasteiger partial charge in [-0.1, -0.05) is 51.9 Å². The van der Waals surface area contributed by atoms with Crippen LogP contribution in [0.15, 0.2) is 0 Å². The van der Waals surface area contributed by atoms with Gasteiger partial charge in [-0.2, -0.15) is 0 Å². The van der Waals surface area contributed by atoms with Crippen molar-refractivity contribution in [2.45, 2.75) is 103 Å². The molecular weight excluding hydrogens is 292 g/mol. The summed E-state index contributed by atoms with van der Waals surface area (Å²) in [6.45, 7) is 3.71. The van der Waals surface area contributed by atoms with Gasteiger partial charge >= 0.3 is 11.9 Å². The van der Waals surface area contributed by atoms with Gasteiger partial charge in [0.25, 0.3) is 0 Å². The van der Waals surface area contributed by atoms with Crippen LogP contribution in [-0.4, -0.2) is 25.2 Å². The van der Waals surface area contributed by atoms with Crippen molar-refractivity contribution >= 4 is 11.9 Å². The topological polar surface area (TPSA) is 52.6 Å². The average Bonchev–Trinajstić information content (AvgIpc) is 2.52. The van der Waals surface area contributed by atoms with Gasteiger partial charge in [-0.05, 0) is 32.1 Å². The number of rotatable bonds is 15. The molecule has 23 heavy (non-hydrogen) atoms. The Morgan fingerprint density at radius 2 is 1.35 bits per heavy atom. The fourth-order valence-electron chi connectivity index (χ4n) is 2.75. The van der Waals surface area contributed by atoms with Gasteiger partial charge in [0.15, 0.2) is 0 Å². The van der Waals surface area contributed by atoms with E-state index in [1.165, 1.54) is 52.6 Å². The molecule has 0 saturated heterocycles. The highest BCUT2D eigenvalue weighted by atomic mass is 16.5. The molecule has 136 valence electrons. The van der Waals surface area contributed by atoms with Gasteiger partial charge in [-0.25, -0.2) is 0 Å². The summed E-state index contributed by atoms with van der Waals surface area (Å²) in [5, 5.41) is 0. The fourth-order valence-corrected chi connectivity index (χ4v) is 2.75. The summed E-state index contributed by atoms with van der Waals surface area (Å²) in [4.78, 5) is 22.2. The monoisotopic (exact) mass is 328 g/mol. The Balaban J connectivity index is 3.72. The zero-order valence-electron chi connectivity index (χ0n) is 15.4. The molecule has 0 radical (unpaired) electrons. The number of unbranched alkanes of at least 4 members (excludes halogenated alkanes) is 8. The summed E-state index contributed by atoms with van der Waals surface area (Å²) in [6.07, 6.45) is 14.1. The predicted molar refractivity (Wildman–Crippen MR) is 93.3 cm³/mol. The van der Waals surface area contributed by atoms with Crippen LogP contribution in [0.4, 0.5) is 0 Å². The number of hydrogen-bond acceptors (Lipinski definition) is 4. The van der Waals surface area contributed by atoms with Crippen molar-refractivity contribution in [3.63, 3.8) is 0 Å². The van der Waals surface area contributed by atoms with Gasteiger partial charge in [-0.3, -0.25) is 9.59 Å². The van der Waals surface area contributed by atoms with Crippen molar-refractivity contribution < 1.29 is 19.1 Å². The van der Waals surface area contributed by atoms with E-state index in [0.29, 0.717) is 6.42 Å². The molecule has 0 fully saturated rings. The first-order valence-electron chi connectivity index (χ1n) is 9.34. The zero-order chi connectivity index (χ0) is 17.3. The molecule has 4 heteroatoms. The van der Waals surface area contributed by atoms with Crippen LogP contribution in [0.5, 0.6) is 0 Å². The van der Waals surface area contributed by atoms with E-state index < -0.39 is 0 Å². The lowest BCUT2D eigenvalue weighted by molar-refractivity contribution is -0.147. The molecule has 0 aliphatic rings. The highest BCUT2D eigenvalue weighted by Gasteiger charge is 2.11. The molecule has 0 saturated carbocycles. The first-order valence-corrected chi connectivity index (χ1v) is 9.34. The Morgan fingerprint density at radius 3 is 1.87 bits per heavy atom. The molecule has 0 aromatic heterocycles. The second kappa shape index (κ2) is 15.8. The van der Waals surface area contributed by atoms with Crippen LogP contribution in [0.3, 0.4) is 0 Å². The van der Waals surface area contributed by atoms with Gasteiger partial charge in [0.05, 0.1) is 7.11 Å². The Kier molecular flexibility index (Phi) is 15.1. The molecule has 1 unspecified atom stereocenters. The summed E-state index contributed by atoms with van der Waals surface area (Å²) in [5.74, 6) is -0.336. The van der Waals surface area contributed by atoms with Gasteiger partial charge in [0.1, 0.15) is 6.10 Å². The quantitative estimate of drug-likeness (QED) is 0.307. The summed E-state index contributed by atoms with van der Waals surface area (Å²) >= 11 is 0. The first-order chi connectivity index (χ1) is 11.1. The van der Waals surface area contributed by atoms with Crippen molar-refractivity contribution in [2.24, 2.45) is 0 Å². The molecule has 0 amide bonds. The molecule has 0 N–H and O–H groups in total. The molecule has 0 aromatic carbocycles. The van der Waals surface area contributed by atoms with Crippen molar-refractivity contribution in [3.05, 3.63) is 0 Å². The number of methoxy groups -OCH3 is 1. The molecular formula is C19H36O4. The minimum Gasteiger partial charge on any atom is -0.469 e. The SMILES string of the molecule is CCCCCCCCCC(CCCCCC(=O)OC)OC(C)=O. The normalized spacial score (nSPS) is 12.0. The van der Waals surface area contributed by atoms with Crippen molar-refractivity contribution in [1.29, 1.82) is 0 Å². The van der Waals surface area contributed by atoms with E-state index in [0.717, 1.165) is 38.5 Å². The van der Waals surface area contributed by atoms with Crippen LogP contribution in [-0.2, 0) is 19.1 Å². The number of hydrogen-bond donors (Lipinski definition) is 0. The van der Waals surface area contributed by atoms with Gasteiger partial charge in [-0.15, -0.1) is 0 Å². The number of carbonyl (C=O) groups excluding carboxylic acids is 2. The van der Waals surface area contributed by atoms with Crippen molar-refractivity contribution in [1.82, 2.24) is 0 Å². The third-order valence-electron chi connectivity index (χ3n) is 4.10. The largest absolute Gasteiger partial charge is 0.469 e. The molecule has 0 rings (SSSR count). The Labute approximate surface area is 142 Å². The van der Waals surface area contributed by atoms with E-state index in [9.17, 15) is 9.59 Å². The fraction of sp³-hybridized carbons (Fsp3) is 0.895. The van der Waals surface area contributed by atoms with E-state index in [2.05, 4.69) is 11.7 Å². The molecule has 4 nitrogen and oxygen atoms in total. The van der Waals surface area contributed by atoms with Gasteiger partial charge in [0.2, 0.25) is 0 Å². The minimum atomic E-state index is -0.187. The lowest BCUT2D eigenvalue weighted by atomic mass is 10.0. The molecule has 1 atom stereocenters. The van der Waals surface area contributed by atoms with Crippen LogP contribution < -0.4 is 0 Å². The van der Waals surface area contributed by atoms with Crippen LogP contribution in [0.25, 0.3) is 0 Å². The number of esters is 2. The minimum absolute atomic E-state index is 0.0428. The predicted octanol–water partition coefficient (Wildman–Crippen LogP) is 5.18. The second-order valence-corrected chi connectivity index (χ2v) is 6.32. The second-order valence-electron chi connectivity index (χ2n) is 6.32. The van der Waals surface area contributed by atoms with E-state index in [4.69, 9.17) is 4.74 Å². The lowest BCUT2D eigenvalue weighted by Crippen LogP contribution is -2.16. The van der Waals surface area contributed by atoms with E-state index in [-0.39, 0.29) is 18.0 Å². The molecule has 0 heterocycles. The highest BCUT2D eigenvalue weighted by Crippen LogP contribution is 2.16. The van der Waals surface area contributed by atoms with Crippen molar-refractivity contribution in [2.75, 3.05) is 7.11 Å². The van der Waals surface area contributed by atoms with E-state index in [1.807, 2.05) is 0 Å². The summed E-state index contributed by atoms with van der Waals surface area (Å²) in [6, 6.07) is 0. The van der Waals surface area contributed by atoms with E-state index in [1.54, 1.807) is 0 Å². The van der Waals surface area contributed by atoms with Crippen molar-refractivity contribution in [3.8, 4) is 0 Å². The maximum Gasteiger partial charge on any atom is 0.305 e. The third kappa shape index (κ3) is 15.6. The van der Waals surface area contributed by atoms with Crippen LogP contribution in [0, 0.1) is 0 Å². The summed E-state index contributed by atoms with van der Waals surface area (Å²) in [7, 11) is 1.42. The van der Waals surface area contributed by atoms with Gasteiger partial charge < -0.3 is 9.47 Å². The Bertz CT molecular complexity index is 302. The lowest BCUT2D eigenvalue weighted by Gasteiger charge is -2.17. The van der Waals surface area contributed by atoms with Gasteiger partial charge in [0, 0.05) is 13.3 Å². The highest BCUT2D eigenvalue weighted by molar-refractivity contribution is 5.69. The first kappa shape index (κ1) is 21.9.